The van der Waals surface area contributed by atoms with Crippen LogP contribution in [0.2, 0.25) is 0 Å². The van der Waals surface area contributed by atoms with Crippen LogP contribution in [0, 0.1) is 0 Å². The largest absolute Gasteiger partial charge is 0.491 e. The third kappa shape index (κ3) is 3.50. The van der Waals surface area contributed by atoms with Crippen molar-refractivity contribution in [2.24, 2.45) is 0 Å². The third-order valence-electron chi connectivity index (χ3n) is 2.90. The lowest BCUT2D eigenvalue weighted by Crippen LogP contribution is -2.05. The van der Waals surface area contributed by atoms with Gasteiger partial charge in [-0.25, -0.2) is 0 Å². The van der Waals surface area contributed by atoms with Crippen molar-refractivity contribution in [3.05, 3.63) is 36.4 Å². The van der Waals surface area contributed by atoms with Crippen molar-refractivity contribution in [2.45, 2.75) is 17.7 Å². The van der Waals surface area contributed by atoms with Crippen LogP contribution in [0.3, 0.4) is 0 Å². The van der Waals surface area contributed by atoms with E-state index < -0.39 is 10.1 Å². The van der Waals surface area contributed by atoms with Gasteiger partial charge in [-0.2, -0.15) is 8.42 Å². The lowest BCUT2D eigenvalue weighted by Gasteiger charge is -2.12. The van der Waals surface area contributed by atoms with Crippen LogP contribution in [0.4, 0.5) is 0 Å². The topological polar surface area (TPSA) is 63.6 Å². The molecule has 0 aromatic heterocycles. The highest BCUT2D eigenvalue weighted by Gasteiger charge is 2.19. The minimum absolute atomic E-state index is 0.185. The van der Waals surface area contributed by atoms with E-state index in [2.05, 4.69) is 15.9 Å². The first-order chi connectivity index (χ1) is 9.54. The van der Waals surface area contributed by atoms with Crippen LogP contribution in [-0.4, -0.2) is 24.9 Å². The van der Waals surface area contributed by atoms with Crippen molar-refractivity contribution in [3.63, 3.8) is 0 Å². The normalized spacial score (nSPS) is 11.7. The van der Waals surface area contributed by atoms with Gasteiger partial charge in [-0.05, 0) is 24.3 Å². The Bertz CT molecular complexity index is 697. The summed E-state index contributed by atoms with van der Waals surface area (Å²) in [4.78, 5) is -0.185. The Morgan fingerprint density at radius 3 is 2.55 bits per heavy atom. The zero-order valence-corrected chi connectivity index (χ0v) is 13.2. The summed E-state index contributed by atoms with van der Waals surface area (Å²) in [6, 6.07) is 10.4. The molecule has 6 heteroatoms. The van der Waals surface area contributed by atoms with Gasteiger partial charge < -0.3 is 4.74 Å². The highest BCUT2D eigenvalue weighted by Crippen LogP contribution is 2.33. The van der Waals surface area contributed by atoms with Crippen LogP contribution in [0.25, 0.3) is 10.8 Å². The number of alkyl halides is 1. The molecule has 0 radical (unpaired) electrons. The minimum atomic E-state index is -4.30. The Labute approximate surface area is 126 Å². The monoisotopic (exact) mass is 358 g/mol. The molecule has 20 heavy (non-hydrogen) atoms. The first kappa shape index (κ1) is 15.3. The molecule has 2 rings (SSSR count). The number of ether oxygens (including phenoxy) is 1. The molecule has 0 saturated carbocycles. The number of halogens is 1. The average molecular weight is 359 g/mol. The highest BCUT2D eigenvalue weighted by molar-refractivity contribution is 9.09. The van der Waals surface area contributed by atoms with Crippen molar-refractivity contribution in [2.75, 3.05) is 11.9 Å². The summed E-state index contributed by atoms with van der Waals surface area (Å²) in [7, 11) is -4.30. The number of unbranched alkanes of at least 4 members (excludes halogenated alkanes) is 1. The molecule has 4 nitrogen and oxygen atoms in total. The Kier molecular flexibility index (Phi) is 5.01. The van der Waals surface area contributed by atoms with Gasteiger partial charge in [0.25, 0.3) is 10.1 Å². The summed E-state index contributed by atoms with van der Waals surface area (Å²) in [5.41, 5.74) is 0. The molecule has 0 spiro atoms. The quantitative estimate of drug-likeness (QED) is 0.486. The molecule has 2 aromatic rings. The molecule has 108 valence electrons. The van der Waals surface area contributed by atoms with E-state index >= 15 is 0 Å². The van der Waals surface area contributed by atoms with Gasteiger partial charge in [-0.15, -0.1) is 0 Å². The fraction of sp³-hybridized carbons (Fsp3) is 0.286. The van der Waals surface area contributed by atoms with Crippen molar-refractivity contribution < 1.29 is 17.7 Å². The molecule has 0 heterocycles. The summed E-state index contributed by atoms with van der Waals surface area (Å²) in [5, 5.41) is 2.42. The van der Waals surface area contributed by atoms with Crippen molar-refractivity contribution >= 4 is 36.8 Å². The number of hydrogen-bond donors (Lipinski definition) is 1. The molecule has 0 amide bonds. The fourth-order valence-corrected chi connectivity index (χ4v) is 2.99. The third-order valence-corrected chi connectivity index (χ3v) is 4.33. The maximum atomic E-state index is 11.5. The van der Waals surface area contributed by atoms with Crippen LogP contribution in [0.15, 0.2) is 41.3 Å². The van der Waals surface area contributed by atoms with E-state index in [1.165, 1.54) is 6.07 Å². The Hall–Kier alpha value is -1.11. The first-order valence-electron chi connectivity index (χ1n) is 6.22. The molecule has 0 bridgehead atoms. The molecule has 0 aliphatic rings. The second kappa shape index (κ2) is 6.56. The molecule has 2 aromatic carbocycles. The predicted octanol–water partition coefficient (Wildman–Crippen LogP) is 3.64. The van der Waals surface area contributed by atoms with Crippen molar-refractivity contribution in [1.29, 1.82) is 0 Å². The minimum Gasteiger partial charge on any atom is -0.491 e. The van der Waals surface area contributed by atoms with E-state index in [9.17, 15) is 13.0 Å². The second-order valence-electron chi connectivity index (χ2n) is 4.33. The maximum Gasteiger partial charge on any atom is 0.298 e. The van der Waals surface area contributed by atoms with E-state index in [4.69, 9.17) is 4.74 Å². The van der Waals surface area contributed by atoms with Gasteiger partial charge in [-0.1, -0.05) is 46.3 Å². The Balaban J connectivity index is 2.45. The Morgan fingerprint density at radius 1 is 1.10 bits per heavy atom. The van der Waals surface area contributed by atoms with Crippen molar-refractivity contribution in [1.82, 2.24) is 0 Å². The van der Waals surface area contributed by atoms with E-state index in [1.807, 2.05) is 12.1 Å². The summed E-state index contributed by atoms with van der Waals surface area (Å²) >= 11 is 3.33. The van der Waals surface area contributed by atoms with Crippen LogP contribution in [0.5, 0.6) is 5.75 Å². The van der Waals surface area contributed by atoms with Crippen LogP contribution < -0.4 is 4.74 Å². The van der Waals surface area contributed by atoms with E-state index in [0.717, 1.165) is 23.6 Å². The maximum absolute atomic E-state index is 11.5. The molecule has 0 saturated heterocycles. The van der Waals surface area contributed by atoms with Gasteiger partial charge in [0, 0.05) is 10.7 Å². The zero-order chi connectivity index (χ0) is 14.6. The van der Waals surface area contributed by atoms with Gasteiger partial charge >= 0.3 is 0 Å². The summed E-state index contributed by atoms with van der Waals surface area (Å²) < 4.78 is 37.8. The van der Waals surface area contributed by atoms with E-state index in [-0.39, 0.29) is 10.6 Å². The SMILES string of the molecule is O=S(=O)(O)c1ccc2ccccc2c1OCCCCBr. The molecule has 0 aliphatic carbocycles. The molecule has 0 aliphatic heterocycles. The van der Waals surface area contributed by atoms with E-state index in [0.29, 0.717) is 12.0 Å². The molecule has 0 unspecified atom stereocenters. The zero-order valence-electron chi connectivity index (χ0n) is 10.8. The lowest BCUT2D eigenvalue weighted by molar-refractivity contribution is 0.304. The first-order valence-corrected chi connectivity index (χ1v) is 8.78. The lowest BCUT2D eigenvalue weighted by atomic mass is 10.1. The molecule has 1 N–H and O–H groups in total. The van der Waals surface area contributed by atoms with Crippen molar-refractivity contribution in [3.8, 4) is 5.75 Å². The predicted molar refractivity (Wildman–Crippen MR) is 82.3 cm³/mol. The summed E-state index contributed by atoms with van der Waals surface area (Å²) in [6.45, 7) is 0.405. The molecule has 0 fully saturated rings. The average Bonchev–Trinajstić information content (AvgIpc) is 2.42. The number of rotatable bonds is 6. The summed E-state index contributed by atoms with van der Waals surface area (Å²) in [6.07, 6.45) is 1.74. The van der Waals surface area contributed by atoms with Gasteiger partial charge in [-0.3, -0.25) is 4.55 Å². The van der Waals surface area contributed by atoms with Crippen LogP contribution in [0.1, 0.15) is 12.8 Å². The number of fused-ring (bicyclic) bond motifs is 1. The standard InChI is InChI=1S/C14H15BrO4S/c15-9-3-4-10-19-14-12-6-2-1-5-11(12)7-8-13(14)20(16,17)18/h1-2,5-8H,3-4,9-10H2,(H,16,17,18). The van der Waals surface area contributed by atoms with Gasteiger partial charge in [0.1, 0.15) is 10.6 Å². The van der Waals surface area contributed by atoms with E-state index in [1.54, 1.807) is 18.2 Å². The van der Waals surface area contributed by atoms with Gasteiger partial charge in [0.05, 0.1) is 6.61 Å². The number of benzene rings is 2. The van der Waals surface area contributed by atoms with Gasteiger partial charge in [0.15, 0.2) is 0 Å². The Morgan fingerprint density at radius 2 is 1.85 bits per heavy atom. The number of hydrogen-bond acceptors (Lipinski definition) is 3. The second-order valence-corrected chi connectivity index (χ2v) is 6.52. The smallest absolute Gasteiger partial charge is 0.298 e. The van der Waals surface area contributed by atoms with Gasteiger partial charge in [0.2, 0.25) is 0 Å². The summed E-state index contributed by atoms with van der Waals surface area (Å²) in [5.74, 6) is 0.222. The molecule has 0 atom stereocenters. The molecular formula is C14H15BrO4S. The fourth-order valence-electron chi connectivity index (χ4n) is 1.95. The van der Waals surface area contributed by atoms with Crippen LogP contribution in [-0.2, 0) is 10.1 Å². The highest BCUT2D eigenvalue weighted by atomic mass is 79.9. The van der Waals surface area contributed by atoms with Crippen LogP contribution >= 0.6 is 15.9 Å². The molecular weight excluding hydrogens is 344 g/mol.